The number of carbonyl (C=O) groups is 1. The van der Waals surface area contributed by atoms with Crippen LogP contribution in [0.25, 0.3) is 0 Å². The number of ether oxygens (including phenoxy) is 1. The summed E-state index contributed by atoms with van der Waals surface area (Å²) < 4.78 is 5.76. The van der Waals surface area contributed by atoms with Crippen molar-refractivity contribution in [3.8, 4) is 5.75 Å². The predicted molar refractivity (Wildman–Crippen MR) is 115 cm³/mol. The van der Waals surface area contributed by atoms with Crippen LogP contribution in [0.4, 0.5) is 5.69 Å². The second-order valence-corrected chi connectivity index (χ2v) is 8.06. The topological polar surface area (TPSA) is 41.6 Å². The molecule has 150 valence electrons. The van der Waals surface area contributed by atoms with Crippen LogP contribution in [0.1, 0.15) is 50.8 Å². The average molecular weight is 381 g/mol. The molecule has 1 fully saturated rings. The molecule has 0 aromatic heterocycles. The molecule has 1 N–H and O–H groups in total. The highest BCUT2D eigenvalue weighted by molar-refractivity contribution is 5.81. The molecule has 0 unspecified atom stereocenters. The van der Waals surface area contributed by atoms with Gasteiger partial charge in [-0.25, -0.2) is 0 Å². The van der Waals surface area contributed by atoms with Crippen molar-refractivity contribution in [2.24, 2.45) is 5.92 Å². The molecule has 1 saturated heterocycles. The maximum atomic E-state index is 12.5. The third-order valence-corrected chi connectivity index (χ3v) is 5.60. The number of nitrogens with one attached hydrogen (secondary N) is 1. The Morgan fingerprint density at radius 3 is 2.25 bits per heavy atom. The van der Waals surface area contributed by atoms with Crippen LogP contribution >= 0.6 is 0 Å². The van der Waals surface area contributed by atoms with Gasteiger partial charge in [-0.2, -0.15) is 0 Å². The fourth-order valence-electron chi connectivity index (χ4n) is 3.53. The predicted octanol–water partition coefficient (Wildman–Crippen LogP) is 4.88. The monoisotopic (exact) mass is 380 g/mol. The first-order chi connectivity index (χ1) is 13.4. The SMILES string of the molecule is Cc1ccc(O[C@H](C)C(=O)N[C@H](C)c2ccc(N3CCC(C)CC3)cc2)cc1. The van der Waals surface area contributed by atoms with E-state index in [0.29, 0.717) is 5.75 Å². The normalized spacial score (nSPS) is 17.1. The van der Waals surface area contributed by atoms with Crippen molar-refractivity contribution in [3.63, 3.8) is 0 Å². The highest BCUT2D eigenvalue weighted by atomic mass is 16.5. The number of aryl methyl sites for hydroxylation is 1. The lowest BCUT2D eigenvalue weighted by molar-refractivity contribution is -0.127. The molecule has 2 aromatic carbocycles. The number of amides is 1. The minimum Gasteiger partial charge on any atom is -0.481 e. The molecule has 1 aliphatic heterocycles. The van der Waals surface area contributed by atoms with E-state index < -0.39 is 6.10 Å². The molecule has 0 bridgehead atoms. The van der Waals surface area contributed by atoms with E-state index in [9.17, 15) is 4.79 Å². The van der Waals surface area contributed by atoms with Gasteiger partial charge in [0.15, 0.2) is 6.10 Å². The molecular weight excluding hydrogens is 348 g/mol. The van der Waals surface area contributed by atoms with E-state index in [1.54, 1.807) is 6.92 Å². The minimum atomic E-state index is -0.542. The third kappa shape index (κ3) is 5.28. The maximum absolute atomic E-state index is 12.5. The zero-order valence-electron chi connectivity index (χ0n) is 17.4. The molecule has 0 spiro atoms. The molecule has 0 saturated carbocycles. The highest BCUT2D eigenvalue weighted by Crippen LogP contribution is 2.24. The van der Waals surface area contributed by atoms with Gasteiger partial charge in [0.25, 0.3) is 5.91 Å². The number of nitrogens with zero attached hydrogens (tertiary/aromatic N) is 1. The second kappa shape index (κ2) is 9.13. The molecular formula is C24H32N2O2. The highest BCUT2D eigenvalue weighted by Gasteiger charge is 2.19. The molecule has 3 rings (SSSR count). The largest absolute Gasteiger partial charge is 0.481 e. The molecule has 1 heterocycles. The van der Waals surface area contributed by atoms with E-state index in [0.717, 1.165) is 24.6 Å². The van der Waals surface area contributed by atoms with E-state index in [-0.39, 0.29) is 11.9 Å². The van der Waals surface area contributed by atoms with Crippen LogP contribution in [-0.2, 0) is 4.79 Å². The first kappa shape index (κ1) is 20.2. The van der Waals surface area contributed by atoms with Gasteiger partial charge in [-0.3, -0.25) is 4.79 Å². The summed E-state index contributed by atoms with van der Waals surface area (Å²) in [6.07, 6.45) is 1.97. The molecule has 1 amide bonds. The number of piperidine rings is 1. The van der Waals surface area contributed by atoms with Gasteiger partial charge in [0.1, 0.15) is 5.75 Å². The van der Waals surface area contributed by atoms with Gasteiger partial charge < -0.3 is 15.0 Å². The van der Waals surface area contributed by atoms with Gasteiger partial charge >= 0.3 is 0 Å². The zero-order valence-corrected chi connectivity index (χ0v) is 17.4. The van der Waals surface area contributed by atoms with Crippen molar-refractivity contribution >= 4 is 11.6 Å². The minimum absolute atomic E-state index is 0.0630. The lowest BCUT2D eigenvalue weighted by Crippen LogP contribution is -2.37. The molecule has 28 heavy (non-hydrogen) atoms. The number of rotatable bonds is 6. The summed E-state index contributed by atoms with van der Waals surface area (Å²) in [7, 11) is 0. The molecule has 1 aliphatic rings. The van der Waals surface area contributed by atoms with Crippen molar-refractivity contribution < 1.29 is 9.53 Å². The Hall–Kier alpha value is -2.49. The molecule has 2 aromatic rings. The Morgan fingerprint density at radius 1 is 1.04 bits per heavy atom. The van der Waals surface area contributed by atoms with Gasteiger partial charge in [-0.1, -0.05) is 36.8 Å². The number of hydrogen-bond acceptors (Lipinski definition) is 3. The second-order valence-electron chi connectivity index (χ2n) is 8.06. The lowest BCUT2D eigenvalue weighted by Gasteiger charge is -2.32. The number of anilines is 1. The summed E-state index contributed by atoms with van der Waals surface area (Å²) in [4.78, 5) is 14.9. The molecule has 4 heteroatoms. The van der Waals surface area contributed by atoms with Gasteiger partial charge in [-0.15, -0.1) is 0 Å². The standard InChI is InChI=1S/C24H32N2O2/c1-17-5-11-23(12-6-17)28-20(4)24(27)25-19(3)21-7-9-22(10-8-21)26-15-13-18(2)14-16-26/h5-12,18-20H,13-16H2,1-4H3,(H,25,27)/t19-,20-/m1/s1. The summed E-state index contributed by atoms with van der Waals surface area (Å²) >= 11 is 0. The summed E-state index contributed by atoms with van der Waals surface area (Å²) in [6.45, 7) is 10.4. The first-order valence-corrected chi connectivity index (χ1v) is 10.3. The van der Waals surface area contributed by atoms with Gasteiger partial charge in [0.05, 0.1) is 6.04 Å². The third-order valence-electron chi connectivity index (χ3n) is 5.60. The lowest BCUT2D eigenvalue weighted by atomic mass is 9.98. The average Bonchev–Trinajstić information content (AvgIpc) is 2.70. The summed E-state index contributed by atoms with van der Waals surface area (Å²) in [5.74, 6) is 1.43. The van der Waals surface area contributed by atoms with E-state index >= 15 is 0 Å². The van der Waals surface area contributed by atoms with E-state index in [1.165, 1.54) is 24.1 Å². The van der Waals surface area contributed by atoms with Crippen molar-refractivity contribution in [3.05, 3.63) is 59.7 Å². The summed E-state index contributed by atoms with van der Waals surface area (Å²) in [5.41, 5.74) is 3.54. The van der Waals surface area contributed by atoms with Gasteiger partial charge in [0.2, 0.25) is 0 Å². The quantitative estimate of drug-likeness (QED) is 0.777. The summed E-state index contributed by atoms with van der Waals surface area (Å²) in [6, 6.07) is 16.2. The zero-order chi connectivity index (χ0) is 20.1. The van der Waals surface area contributed by atoms with E-state index in [2.05, 4.69) is 41.4 Å². The van der Waals surface area contributed by atoms with Crippen molar-refractivity contribution in [1.29, 1.82) is 0 Å². The Balaban J connectivity index is 1.53. The smallest absolute Gasteiger partial charge is 0.261 e. The Morgan fingerprint density at radius 2 is 1.64 bits per heavy atom. The van der Waals surface area contributed by atoms with E-state index in [1.807, 2.05) is 38.1 Å². The fraction of sp³-hybridized carbons (Fsp3) is 0.458. The summed E-state index contributed by atoms with van der Waals surface area (Å²) in [5, 5.41) is 3.05. The van der Waals surface area contributed by atoms with Crippen LogP contribution in [0.3, 0.4) is 0 Å². The Bertz CT molecular complexity index is 762. The number of hydrogen-bond donors (Lipinski definition) is 1. The number of carbonyl (C=O) groups excluding carboxylic acids is 1. The molecule has 2 atom stereocenters. The first-order valence-electron chi connectivity index (χ1n) is 10.3. The van der Waals surface area contributed by atoms with Crippen molar-refractivity contribution in [2.75, 3.05) is 18.0 Å². The maximum Gasteiger partial charge on any atom is 0.261 e. The van der Waals surface area contributed by atoms with Crippen LogP contribution in [0.2, 0.25) is 0 Å². The number of benzene rings is 2. The van der Waals surface area contributed by atoms with Crippen molar-refractivity contribution in [1.82, 2.24) is 5.32 Å². The Labute approximate surface area is 168 Å². The van der Waals surface area contributed by atoms with Crippen LogP contribution in [0.5, 0.6) is 5.75 Å². The van der Waals surface area contributed by atoms with Crippen LogP contribution in [0, 0.1) is 12.8 Å². The molecule has 0 radical (unpaired) electrons. The van der Waals surface area contributed by atoms with E-state index in [4.69, 9.17) is 4.74 Å². The van der Waals surface area contributed by atoms with Crippen LogP contribution in [0.15, 0.2) is 48.5 Å². The molecule has 0 aliphatic carbocycles. The van der Waals surface area contributed by atoms with Crippen LogP contribution in [-0.4, -0.2) is 25.1 Å². The van der Waals surface area contributed by atoms with Gasteiger partial charge in [-0.05, 0) is 69.4 Å². The van der Waals surface area contributed by atoms with Gasteiger partial charge in [0, 0.05) is 18.8 Å². The molecule has 4 nitrogen and oxygen atoms in total. The van der Waals surface area contributed by atoms with Crippen LogP contribution < -0.4 is 15.0 Å². The fourth-order valence-corrected chi connectivity index (χ4v) is 3.53. The Kier molecular flexibility index (Phi) is 6.61. The van der Waals surface area contributed by atoms with Crippen molar-refractivity contribution in [2.45, 2.75) is 52.7 Å².